The molecule has 1 aromatic carbocycles. The summed E-state index contributed by atoms with van der Waals surface area (Å²) in [5.41, 5.74) is 0.916. The topological polar surface area (TPSA) is 87.5 Å². The van der Waals surface area contributed by atoms with Gasteiger partial charge in [0.25, 0.3) is 0 Å². The maximum atomic E-state index is 14.6. The number of hydrogen-bond acceptors (Lipinski definition) is 6. The number of carbonyl (C=O) groups is 2. The number of aliphatic hydroxyl groups excluding tert-OH is 1. The van der Waals surface area contributed by atoms with Gasteiger partial charge >= 0.3 is 0 Å². The zero-order chi connectivity index (χ0) is 22.8. The highest BCUT2D eigenvalue weighted by Gasteiger charge is 2.25. The first kappa shape index (κ1) is 24.6. The molecule has 0 radical (unpaired) electrons. The molecule has 1 aliphatic rings. The average molecular weight is 437 g/mol. The molecular formula is C22H30F2N4O3. The summed E-state index contributed by atoms with van der Waals surface area (Å²) in [6.45, 7) is 1.16. The van der Waals surface area contributed by atoms with Crippen LogP contribution in [0.2, 0.25) is 0 Å². The van der Waals surface area contributed by atoms with Gasteiger partial charge in [-0.25, -0.2) is 8.78 Å². The lowest BCUT2D eigenvalue weighted by Crippen LogP contribution is -2.35. The third kappa shape index (κ3) is 6.41. The van der Waals surface area contributed by atoms with Crippen LogP contribution in [0, 0.1) is 11.6 Å². The van der Waals surface area contributed by atoms with Crippen molar-refractivity contribution in [3.05, 3.63) is 47.3 Å². The minimum Gasteiger partial charge on any atom is -0.392 e. The van der Waals surface area contributed by atoms with Crippen LogP contribution in [0.1, 0.15) is 48.8 Å². The van der Waals surface area contributed by atoms with E-state index in [2.05, 4.69) is 10.4 Å². The lowest BCUT2D eigenvalue weighted by molar-refractivity contribution is -0.110. The largest absolute Gasteiger partial charge is 0.392 e. The van der Waals surface area contributed by atoms with Gasteiger partial charge < -0.3 is 24.9 Å². The van der Waals surface area contributed by atoms with E-state index in [0.717, 1.165) is 18.4 Å². The van der Waals surface area contributed by atoms with Crippen LogP contribution in [0.5, 0.6) is 0 Å². The van der Waals surface area contributed by atoms with Crippen molar-refractivity contribution in [3.63, 3.8) is 0 Å². The van der Waals surface area contributed by atoms with E-state index in [4.69, 9.17) is 5.11 Å². The van der Waals surface area contributed by atoms with Gasteiger partial charge in [-0.3, -0.25) is 4.68 Å². The Hall–Kier alpha value is -2.65. The molecule has 0 aliphatic carbocycles. The van der Waals surface area contributed by atoms with E-state index in [1.165, 1.54) is 12.1 Å². The maximum Gasteiger partial charge on any atom is 0.132 e. The van der Waals surface area contributed by atoms with Gasteiger partial charge in [0.1, 0.15) is 24.2 Å². The number of hydrogen-bond donors (Lipinski definition) is 2. The Kier molecular flexibility index (Phi) is 9.74. The first-order valence-corrected chi connectivity index (χ1v) is 10.3. The lowest BCUT2D eigenvalue weighted by atomic mass is 9.94. The summed E-state index contributed by atoms with van der Waals surface area (Å²) in [6.07, 6.45) is 6.24. The molecule has 170 valence electrons. The number of carbonyl (C=O) groups excluding carboxylic acids is 2. The van der Waals surface area contributed by atoms with Crippen LogP contribution in [-0.2, 0) is 16.2 Å². The summed E-state index contributed by atoms with van der Waals surface area (Å²) >= 11 is 0. The Bertz CT molecular complexity index is 828. The van der Waals surface area contributed by atoms with E-state index in [1.807, 2.05) is 29.9 Å². The second-order valence-corrected chi connectivity index (χ2v) is 7.51. The minimum absolute atomic E-state index is 0.0572. The molecule has 31 heavy (non-hydrogen) atoms. The van der Waals surface area contributed by atoms with Crippen molar-refractivity contribution < 1.29 is 23.5 Å². The van der Waals surface area contributed by atoms with E-state index >= 15 is 0 Å². The molecule has 2 N–H and O–H groups in total. The zero-order valence-electron chi connectivity index (χ0n) is 17.9. The molecule has 9 heteroatoms. The second kappa shape index (κ2) is 12.3. The smallest absolute Gasteiger partial charge is 0.132 e. The molecule has 7 nitrogen and oxygen atoms in total. The fraction of sp³-hybridized carbons (Fsp3) is 0.500. The third-order valence-electron chi connectivity index (χ3n) is 5.24. The van der Waals surface area contributed by atoms with Gasteiger partial charge in [0.05, 0.1) is 18.8 Å². The predicted molar refractivity (Wildman–Crippen MR) is 114 cm³/mol. The Labute approximate surface area is 181 Å². The summed E-state index contributed by atoms with van der Waals surface area (Å²) in [5.74, 6) is -2.50. The van der Waals surface area contributed by atoms with Crippen LogP contribution in [0.25, 0.3) is 0 Å². The van der Waals surface area contributed by atoms with Crippen molar-refractivity contribution in [1.82, 2.24) is 15.1 Å². The molecule has 1 fully saturated rings. The van der Waals surface area contributed by atoms with Crippen molar-refractivity contribution in [2.24, 2.45) is 0 Å². The van der Waals surface area contributed by atoms with Gasteiger partial charge in [0, 0.05) is 48.4 Å². The van der Waals surface area contributed by atoms with Crippen LogP contribution < -0.4 is 10.2 Å². The van der Waals surface area contributed by atoms with Gasteiger partial charge in [-0.2, -0.15) is 5.10 Å². The van der Waals surface area contributed by atoms with Crippen LogP contribution >= 0.6 is 0 Å². The molecule has 2 aromatic rings. The number of benzene rings is 1. The molecule has 2 heterocycles. The standard InChI is InChI=1S/C20H23F2N3O3.C2H7N/c21-18-8-17(9-19(22)20(18)15(13-28)2-1-7-26)24-5-3-16(4-6-24)25-11-14(12-27)10-23-25;1-3-2/h7-11,13,15-16,27H,1-6,12H2;3H,1-2H3. The average Bonchev–Trinajstić information content (AvgIpc) is 3.25. The number of nitrogens with zero attached hydrogens (tertiary/aromatic N) is 3. The molecule has 0 bridgehead atoms. The van der Waals surface area contributed by atoms with Crippen LogP contribution in [0.15, 0.2) is 24.5 Å². The quantitative estimate of drug-likeness (QED) is 0.619. The Balaban J connectivity index is 0.00000107. The molecule has 1 aliphatic heterocycles. The van der Waals surface area contributed by atoms with Crippen LogP contribution in [-0.4, -0.2) is 54.6 Å². The molecular weight excluding hydrogens is 406 g/mol. The summed E-state index contributed by atoms with van der Waals surface area (Å²) < 4.78 is 31.0. The number of halogens is 2. The van der Waals surface area contributed by atoms with Crippen molar-refractivity contribution in [3.8, 4) is 0 Å². The van der Waals surface area contributed by atoms with E-state index in [9.17, 15) is 18.4 Å². The van der Waals surface area contributed by atoms with Gasteiger partial charge in [-0.1, -0.05) is 0 Å². The molecule has 0 spiro atoms. The van der Waals surface area contributed by atoms with E-state index in [0.29, 0.717) is 31.3 Å². The number of aromatic nitrogens is 2. The summed E-state index contributed by atoms with van der Waals surface area (Å²) in [7, 11) is 3.75. The SMILES string of the molecule is CNC.O=CCCC(C=O)c1c(F)cc(N2CCC(n3cc(CO)cn3)CC2)cc1F. The van der Waals surface area contributed by atoms with Crippen molar-refractivity contribution in [1.29, 1.82) is 0 Å². The highest BCUT2D eigenvalue weighted by atomic mass is 19.1. The highest BCUT2D eigenvalue weighted by Crippen LogP contribution is 2.32. The van der Waals surface area contributed by atoms with E-state index in [1.54, 1.807) is 6.20 Å². The Morgan fingerprint density at radius 1 is 1.23 bits per heavy atom. The fourth-order valence-electron chi connectivity index (χ4n) is 3.68. The summed E-state index contributed by atoms with van der Waals surface area (Å²) in [5, 5.41) is 16.2. The first-order valence-electron chi connectivity index (χ1n) is 10.3. The molecule has 3 rings (SSSR count). The number of aliphatic hydroxyl groups is 1. The fourth-order valence-corrected chi connectivity index (χ4v) is 3.68. The number of nitrogens with one attached hydrogen (secondary N) is 1. The lowest BCUT2D eigenvalue weighted by Gasteiger charge is -2.34. The maximum absolute atomic E-state index is 14.6. The molecule has 1 saturated heterocycles. The van der Waals surface area contributed by atoms with E-state index in [-0.39, 0.29) is 31.1 Å². The highest BCUT2D eigenvalue weighted by molar-refractivity contribution is 5.65. The predicted octanol–water partition coefficient (Wildman–Crippen LogP) is 2.59. The normalized spacial score (nSPS) is 15.2. The number of anilines is 1. The van der Waals surface area contributed by atoms with Gasteiger partial charge in [0.15, 0.2) is 0 Å². The molecule has 1 aromatic heterocycles. The van der Waals surface area contributed by atoms with Gasteiger partial charge in [-0.05, 0) is 45.5 Å². The van der Waals surface area contributed by atoms with Crippen molar-refractivity contribution in [2.45, 2.75) is 44.2 Å². The van der Waals surface area contributed by atoms with Crippen molar-refractivity contribution >= 4 is 18.3 Å². The molecule has 1 unspecified atom stereocenters. The Morgan fingerprint density at radius 3 is 2.32 bits per heavy atom. The van der Waals surface area contributed by atoms with Gasteiger partial charge in [-0.15, -0.1) is 0 Å². The van der Waals surface area contributed by atoms with Crippen molar-refractivity contribution in [2.75, 3.05) is 32.1 Å². The molecule has 0 saturated carbocycles. The number of rotatable bonds is 8. The second-order valence-electron chi connectivity index (χ2n) is 7.51. The monoisotopic (exact) mass is 436 g/mol. The first-order chi connectivity index (χ1) is 15.0. The number of aldehydes is 2. The Morgan fingerprint density at radius 2 is 1.84 bits per heavy atom. The van der Waals surface area contributed by atoms with Crippen LogP contribution in [0.3, 0.4) is 0 Å². The zero-order valence-corrected chi connectivity index (χ0v) is 17.9. The summed E-state index contributed by atoms with van der Waals surface area (Å²) in [6, 6.07) is 2.69. The number of piperidine rings is 1. The van der Waals surface area contributed by atoms with E-state index < -0.39 is 17.6 Å². The summed E-state index contributed by atoms with van der Waals surface area (Å²) in [4.78, 5) is 23.6. The molecule has 1 atom stereocenters. The third-order valence-corrected chi connectivity index (χ3v) is 5.24. The molecule has 0 amide bonds. The van der Waals surface area contributed by atoms with Crippen LogP contribution in [0.4, 0.5) is 14.5 Å². The van der Waals surface area contributed by atoms with Gasteiger partial charge in [0.2, 0.25) is 0 Å². The minimum atomic E-state index is -0.967.